The second-order valence-corrected chi connectivity index (χ2v) is 6.13. The summed E-state index contributed by atoms with van der Waals surface area (Å²) in [5.74, 6) is 0. The summed E-state index contributed by atoms with van der Waals surface area (Å²) in [6.45, 7) is 15.8. The van der Waals surface area contributed by atoms with Crippen LogP contribution in [-0.2, 0) is 32.8 Å². The summed E-state index contributed by atoms with van der Waals surface area (Å²) < 4.78 is 24.8. The van der Waals surface area contributed by atoms with E-state index in [9.17, 15) is 0 Å². The van der Waals surface area contributed by atoms with Crippen LogP contribution in [0, 0.1) is 13.3 Å². The van der Waals surface area contributed by atoms with Crippen LogP contribution in [0.15, 0.2) is 0 Å². The first-order valence-corrected chi connectivity index (χ1v) is 9.14. The van der Waals surface area contributed by atoms with Crippen LogP contribution in [-0.4, -0.2) is 28.6 Å². The van der Waals surface area contributed by atoms with E-state index >= 15 is 0 Å². The Kier molecular flexibility index (Phi) is 26.6. The van der Waals surface area contributed by atoms with Crippen LogP contribution in [0.1, 0.15) is 47.5 Å². The maximum atomic E-state index is 7.94. The predicted molar refractivity (Wildman–Crippen MR) is 76.4 cm³/mol. The van der Waals surface area contributed by atoms with Crippen molar-refractivity contribution in [1.29, 1.82) is 0 Å². The van der Waals surface area contributed by atoms with Gasteiger partial charge in [0.2, 0.25) is 0 Å². The molecule has 0 fully saturated rings. The fraction of sp³-hybridized carbons (Fsp3) is 0.846. The van der Waals surface area contributed by atoms with Gasteiger partial charge in [0.1, 0.15) is 0 Å². The van der Waals surface area contributed by atoms with Crippen molar-refractivity contribution in [3.63, 3.8) is 0 Å². The second-order valence-electron chi connectivity index (χ2n) is 3.40. The first-order valence-electron chi connectivity index (χ1n) is 6.78. The van der Waals surface area contributed by atoms with Crippen molar-refractivity contribution in [1.82, 2.24) is 0 Å². The van der Waals surface area contributed by atoms with E-state index in [2.05, 4.69) is 42.9 Å². The summed E-state index contributed by atoms with van der Waals surface area (Å²) in [7, 11) is -2.36. The van der Waals surface area contributed by atoms with E-state index in [0.29, 0.717) is 19.8 Å². The third-order valence-corrected chi connectivity index (χ3v) is 5.14. The molecule has 0 saturated heterocycles. The predicted octanol–water partition coefficient (Wildman–Crippen LogP) is 3.76. The average molecular weight is 337 g/mol. The zero-order valence-corrected chi connectivity index (χ0v) is 15.0. The summed E-state index contributed by atoms with van der Waals surface area (Å²) in [4.78, 5) is 0. The fourth-order valence-electron chi connectivity index (χ4n) is 1.22. The standard InChI is InChI=1S/C9H21O3Si.C4H9.Co.O/c1-5-9-13(10-6-2,11-7-3)12-8-4;1-3-4-2;;/h1,5-9H2,2-4H3;3H,4H2,1-2H3;;/q2*-1;;. The normalized spacial score (nSPS) is 10.1. The molecule has 0 aromatic carbocycles. The Morgan fingerprint density at radius 2 is 1.32 bits per heavy atom. The van der Waals surface area contributed by atoms with E-state index in [-0.39, 0.29) is 0 Å². The van der Waals surface area contributed by atoms with Gasteiger partial charge >= 0.3 is 28.3 Å². The van der Waals surface area contributed by atoms with Crippen LogP contribution >= 0.6 is 0 Å². The molecule has 0 aromatic rings. The number of hydrogen-bond donors (Lipinski definition) is 0. The van der Waals surface area contributed by atoms with E-state index in [0.717, 1.165) is 12.5 Å². The average Bonchev–Trinajstić information content (AvgIpc) is 2.42. The van der Waals surface area contributed by atoms with Crippen molar-refractivity contribution >= 4 is 8.80 Å². The van der Waals surface area contributed by atoms with Crippen molar-refractivity contribution < 1.29 is 32.8 Å². The second kappa shape index (κ2) is 20.7. The van der Waals surface area contributed by atoms with Crippen LogP contribution < -0.4 is 0 Å². The number of hydrogen-bond acceptors (Lipinski definition) is 4. The van der Waals surface area contributed by atoms with Crippen molar-refractivity contribution in [3.8, 4) is 0 Å². The topological polar surface area (TPSA) is 44.8 Å². The van der Waals surface area contributed by atoms with Crippen LogP contribution in [0.3, 0.4) is 0 Å². The number of rotatable bonds is 9. The summed E-state index contributed by atoms with van der Waals surface area (Å²) in [5, 5.41) is 0. The maximum absolute atomic E-state index is 7.94. The van der Waals surface area contributed by atoms with E-state index in [1.807, 2.05) is 20.8 Å². The Balaban J connectivity index is -0.000000361. The first kappa shape index (κ1) is 24.4. The van der Waals surface area contributed by atoms with Gasteiger partial charge in [-0.15, -0.1) is 0 Å². The molecule has 0 saturated carbocycles. The molecule has 0 unspecified atom stereocenters. The zero-order chi connectivity index (χ0) is 15.6. The van der Waals surface area contributed by atoms with Crippen LogP contribution in [0.4, 0.5) is 0 Å². The van der Waals surface area contributed by atoms with Crippen molar-refractivity contribution in [2.24, 2.45) is 0 Å². The molecular weight excluding hydrogens is 307 g/mol. The molecule has 0 radical (unpaired) electrons. The molecule has 0 aliphatic heterocycles. The van der Waals surface area contributed by atoms with E-state index < -0.39 is 8.80 Å². The van der Waals surface area contributed by atoms with Gasteiger partial charge < -0.3 is 26.6 Å². The molecule has 6 heteroatoms. The number of unbranched alkanes of at least 4 members (excludes halogenated alkanes) is 1. The molecule has 0 aliphatic carbocycles. The van der Waals surface area contributed by atoms with Crippen LogP contribution in [0.5, 0.6) is 0 Å². The quantitative estimate of drug-likeness (QED) is 0.475. The van der Waals surface area contributed by atoms with Gasteiger partial charge in [-0.1, -0.05) is 6.92 Å². The van der Waals surface area contributed by atoms with Gasteiger partial charge in [0.25, 0.3) is 0 Å². The van der Waals surface area contributed by atoms with Gasteiger partial charge in [-0.25, -0.2) is 0 Å². The van der Waals surface area contributed by atoms with E-state index in [4.69, 9.17) is 17.1 Å². The molecule has 0 atom stereocenters. The van der Waals surface area contributed by atoms with E-state index in [1.165, 1.54) is 6.42 Å². The molecule has 0 aromatic heterocycles. The fourth-order valence-corrected chi connectivity index (χ4v) is 3.65. The van der Waals surface area contributed by atoms with Crippen molar-refractivity contribution in [2.75, 3.05) is 19.8 Å². The molecule has 0 N–H and O–H groups in total. The van der Waals surface area contributed by atoms with Gasteiger partial charge in [-0.05, 0) is 26.8 Å². The SMILES string of the molecule is C[CH-]CC.[CH2-]CC[Si](OCC)(OCC)OCC.[O]=[Co]. The Bertz CT molecular complexity index is 130. The van der Waals surface area contributed by atoms with Crippen molar-refractivity contribution in [3.05, 3.63) is 13.3 Å². The summed E-state index contributed by atoms with van der Waals surface area (Å²) in [5.41, 5.74) is 0. The van der Waals surface area contributed by atoms with Gasteiger partial charge in [-0.3, -0.25) is 0 Å². The monoisotopic (exact) mass is 337 g/mol. The van der Waals surface area contributed by atoms with Crippen LogP contribution in [0.25, 0.3) is 0 Å². The minimum atomic E-state index is -2.36. The molecule has 19 heavy (non-hydrogen) atoms. The molecule has 4 nitrogen and oxygen atoms in total. The Hall–Kier alpha value is 0.403. The first-order chi connectivity index (χ1) is 9.16. The molecule has 121 valence electrons. The van der Waals surface area contributed by atoms with Gasteiger partial charge in [-0.2, -0.15) is 19.8 Å². The summed E-state index contributed by atoms with van der Waals surface area (Å²) >= 11 is 2.31. The molecule has 0 heterocycles. The van der Waals surface area contributed by atoms with Crippen molar-refractivity contribution in [2.45, 2.75) is 53.5 Å². The zero-order valence-electron chi connectivity index (χ0n) is 13.0. The summed E-state index contributed by atoms with van der Waals surface area (Å²) in [6.07, 6.45) is 4.12. The Morgan fingerprint density at radius 1 is 1.00 bits per heavy atom. The van der Waals surface area contributed by atoms with Gasteiger partial charge in [0.15, 0.2) is 0 Å². The van der Waals surface area contributed by atoms with Crippen LogP contribution in [0.2, 0.25) is 6.04 Å². The third kappa shape index (κ3) is 16.3. The molecule has 0 rings (SSSR count). The molecule has 0 aliphatic rings. The van der Waals surface area contributed by atoms with E-state index in [1.54, 1.807) is 0 Å². The summed E-state index contributed by atoms with van der Waals surface area (Å²) in [6, 6.07) is 0.808. The minimum absolute atomic E-state index is 0.645. The molecule has 0 amide bonds. The molecule has 0 bridgehead atoms. The molecule has 0 spiro atoms. The Labute approximate surface area is 128 Å². The van der Waals surface area contributed by atoms with Gasteiger partial charge in [0.05, 0.1) is 0 Å². The molecular formula is C13H30CoO4Si-2. The third-order valence-electron chi connectivity index (χ3n) is 1.98. The van der Waals surface area contributed by atoms with Gasteiger partial charge in [0, 0.05) is 19.8 Å². The Morgan fingerprint density at radius 3 is 1.47 bits per heavy atom.